The Morgan fingerprint density at radius 2 is 0.646 bits per heavy atom. The van der Waals surface area contributed by atoms with E-state index in [-0.39, 0.29) is 9.79 Å². The summed E-state index contributed by atoms with van der Waals surface area (Å²) in [5.41, 5.74) is 1.54. The fraction of sp³-hybridized carbons (Fsp3) is 0.0526. The van der Waals surface area contributed by atoms with Gasteiger partial charge in [-0.3, -0.25) is 9.11 Å². The van der Waals surface area contributed by atoms with Crippen molar-refractivity contribution in [1.29, 1.82) is 0 Å². The summed E-state index contributed by atoms with van der Waals surface area (Å²) in [4.78, 5) is -0.477. The van der Waals surface area contributed by atoms with Gasteiger partial charge in [0.1, 0.15) is 0 Å². The van der Waals surface area contributed by atoms with Crippen molar-refractivity contribution in [2.24, 2.45) is 0 Å². The van der Waals surface area contributed by atoms with E-state index in [1.807, 2.05) is 147 Å². The highest BCUT2D eigenvalue weighted by Gasteiger charge is 2.64. The zero-order valence-electron chi connectivity index (χ0n) is 26.4. The predicted molar refractivity (Wildman–Crippen MR) is 197 cm³/mol. The smallest absolute Gasteiger partial charge is 0.282 e. The third-order valence-corrected chi connectivity index (χ3v) is 28.0. The molecule has 0 aliphatic heterocycles. The zero-order valence-corrected chi connectivity index (χ0v) is 30.0. The molecule has 0 aliphatic rings. The Morgan fingerprint density at radius 3 is 0.875 bits per heavy atom. The minimum atomic E-state index is -4.81. The first kappa shape index (κ1) is 33.5. The molecule has 0 saturated heterocycles. The minimum absolute atomic E-state index is 0.239. The summed E-state index contributed by atoms with van der Waals surface area (Å²) in [5, 5.41) is 4.10. The average Bonchev–Trinajstić information content (AvgIpc) is 3.07. The van der Waals surface area contributed by atoms with Crippen LogP contribution in [0.1, 0.15) is 11.1 Å². The maximum atomic E-state index is 13.5. The first-order chi connectivity index (χ1) is 22.9. The van der Waals surface area contributed by atoms with Crippen molar-refractivity contribution >= 4 is 66.5 Å². The summed E-state index contributed by atoms with van der Waals surface area (Å²) in [5.74, 6) is 0. The van der Waals surface area contributed by atoms with E-state index in [0.717, 1.165) is 31.9 Å². The Bertz CT molecular complexity index is 2050. The molecule has 0 aliphatic carbocycles. The quantitative estimate of drug-likeness (QED) is 0.135. The van der Waals surface area contributed by atoms with Gasteiger partial charge in [0.05, 0.1) is 9.79 Å². The molecular formula is C38H34O6S2Si2. The van der Waals surface area contributed by atoms with Crippen LogP contribution in [0.4, 0.5) is 0 Å². The third kappa shape index (κ3) is 5.60. The van der Waals surface area contributed by atoms with E-state index >= 15 is 0 Å². The lowest BCUT2D eigenvalue weighted by molar-refractivity contribution is 0.481. The fourth-order valence-corrected chi connectivity index (χ4v) is 30.6. The van der Waals surface area contributed by atoms with Crippen LogP contribution in [0.3, 0.4) is 0 Å². The van der Waals surface area contributed by atoms with E-state index in [0.29, 0.717) is 10.4 Å². The Balaban J connectivity index is 2.09. The molecule has 0 spiro atoms. The molecule has 0 heterocycles. The fourth-order valence-electron chi connectivity index (χ4n) is 7.30. The van der Waals surface area contributed by atoms with Gasteiger partial charge in [0, 0.05) is 0 Å². The molecular weight excluding hydrogens is 673 g/mol. The molecule has 6 nitrogen and oxygen atoms in total. The van der Waals surface area contributed by atoms with E-state index in [9.17, 15) is 25.9 Å². The molecule has 0 atom stereocenters. The molecule has 0 fully saturated rings. The molecule has 6 rings (SSSR count). The van der Waals surface area contributed by atoms with Crippen LogP contribution in [-0.4, -0.2) is 41.1 Å². The van der Waals surface area contributed by atoms with Crippen LogP contribution in [0.25, 0.3) is 0 Å². The molecule has 0 aromatic heterocycles. The van der Waals surface area contributed by atoms with Gasteiger partial charge >= 0.3 is 0 Å². The largest absolute Gasteiger partial charge is 0.294 e. The lowest BCUT2D eigenvalue weighted by Crippen LogP contribution is -2.94. The van der Waals surface area contributed by atoms with Gasteiger partial charge in [0.25, 0.3) is 20.2 Å². The minimum Gasteiger partial charge on any atom is -0.282 e. The van der Waals surface area contributed by atoms with Crippen molar-refractivity contribution in [2.75, 3.05) is 0 Å². The Labute approximate surface area is 283 Å². The number of hydrogen-bond donors (Lipinski definition) is 2. The van der Waals surface area contributed by atoms with Gasteiger partial charge in [0.2, 0.25) is 0 Å². The second-order valence-corrected chi connectivity index (χ2v) is 25.6. The number of hydrogen-bond acceptors (Lipinski definition) is 4. The van der Waals surface area contributed by atoms with E-state index in [2.05, 4.69) is 0 Å². The first-order valence-corrected chi connectivity index (χ1v) is 23.2. The summed E-state index contributed by atoms with van der Waals surface area (Å²) in [6.45, 7) is 3.74. The first-order valence-electron chi connectivity index (χ1n) is 15.3. The summed E-state index contributed by atoms with van der Waals surface area (Å²) < 4.78 is 76.2. The van der Waals surface area contributed by atoms with Crippen molar-refractivity contribution in [3.8, 4) is 0 Å². The average molecular weight is 707 g/mol. The maximum Gasteiger partial charge on any atom is 0.294 e. The summed E-state index contributed by atoms with van der Waals surface area (Å²) >= 11 is 0. The van der Waals surface area contributed by atoms with E-state index in [1.54, 1.807) is 12.1 Å². The Morgan fingerprint density at radius 1 is 0.396 bits per heavy atom. The molecule has 242 valence electrons. The lowest BCUT2D eigenvalue weighted by Gasteiger charge is -2.51. The Kier molecular flexibility index (Phi) is 8.98. The van der Waals surface area contributed by atoms with Gasteiger partial charge in [-0.2, -0.15) is 16.8 Å². The van der Waals surface area contributed by atoms with Crippen LogP contribution in [0.2, 0.25) is 0 Å². The van der Waals surface area contributed by atoms with Gasteiger partial charge in [-0.15, -0.1) is 0 Å². The van der Waals surface area contributed by atoms with Crippen LogP contribution in [0.5, 0.6) is 0 Å². The van der Waals surface area contributed by atoms with Crippen molar-refractivity contribution in [1.82, 2.24) is 0 Å². The molecule has 48 heavy (non-hydrogen) atoms. The number of aryl methyl sites for hydroxylation is 2. The van der Waals surface area contributed by atoms with Crippen LogP contribution < -0.4 is 31.1 Å². The molecule has 0 saturated carbocycles. The van der Waals surface area contributed by atoms with Gasteiger partial charge in [-0.25, -0.2) is 0 Å². The Hall–Kier alpha value is -4.43. The second kappa shape index (κ2) is 12.9. The van der Waals surface area contributed by atoms with Crippen LogP contribution >= 0.6 is 0 Å². The molecule has 10 heteroatoms. The molecule has 6 aromatic carbocycles. The van der Waals surface area contributed by atoms with E-state index in [1.165, 1.54) is 12.1 Å². The van der Waals surface area contributed by atoms with E-state index < -0.39 is 35.4 Å². The van der Waals surface area contributed by atoms with Gasteiger partial charge < -0.3 is 0 Å². The molecule has 0 unspecified atom stereocenters. The summed E-state index contributed by atoms with van der Waals surface area (Å²) in [7, 11) is -17.7. The van der Waals surface area contributed by atoms with E-state index in [4.69, 9.17) is 0 Å². The number of rotatable bonds is 9. The van der Waals surface area contributed by atoms with Crippen molar-refractivity contribution in [3.05, 3.63) is 169 Å². The zero-order chi connectivity index (χ0) is 34.2. The summed E-state index contributed by atoms with van der Waals surface area (Å²) in [6.07, 6.45) is 0. The highest BCUT2D eigenvalue weighted by atomic mass is 32.2. The highest BCUT2D eigenvalue weighted by molar-refractivity contribution is 7.87. The van der Waals surface area contributed by atoms with Crippen molar-refractivity contribution in [2.45, 2.75) is 23.6 Å². The third-order valence-electron chi connectivity index (χ3n) is 9.02. The SMILES string of the molecule is Cc1ccc(S(=O)(=O)O)c([Si](c2ccccc2)(c2ccccc2)[Si](c2ccccc2)(c2ccccc2)c2cc(C)ccc2S(=O)(=O)O)c1. The highest BCUT2D eigenvalue weighted by Crippen LogP contribution is 2.28. The lowest BCUT2D eigenvalue weighted by atomic mass is 10.2. The molecule has 0 radical (unpaired) electrons. The molecule has 2 N–H and O–H groups in total. The van der Waals surface area contributed by atoms with Crippen molar-refractivity contribution in [3.63, 3.8) is 0 Å². The normalized spacial score (nSPS) is 12.5. The van der Waals surface area contributed by atoms with Crippen LogP contribution in [0, 0.1) is 13.8 Å². The molecule has 0 amide bonds. The molecule has 0 bridgehead atoms. The second-order valence-electron chi connectivity index (χ2n) is 11.9. The maximum absolute atomic E-state index is 13.5. The standard InChI is InChI=1S/C38H34O6S2Si2/c1-29-23-25-35(45(39,40)41)37(27-29)47(31-15-7-3-8-16-31,32-17-9-4-10-18-32)48(33-19-11-5-12-20-33,34-21-13-6-14-22-34)38-28-30(2)24-26-36(38)46(42,43)44/h3-28H,1-2H3,(H,39,40,41)(H,42,43,44). The molecule has 6 aromatic rings. The summed E-state index contributed by atoms with van der Waals surface area (Å²) in [6, 6.07) is 48.5. The van der Waals surface area contributed by atoms with Gasteiger partial charge in [-0.05, 0) is 36.4 Å². The predicted octanol–water partition coefficient (Wildman–Crippen LogP) is 3.52. The topological polar surface area (TPSA) is 109 Å². The van der Waals surface area contributed by atoms with Gasteiger partial charge in [-0.1, -0.05) is 177 Å². The van der Waals surface area contributed by atoms with Crippen LogP contribution in [0.15, 0.2) is 168 Å². The monoisotopic (exact) mass is 706 g/mol. The van der Waals surface area contributed by atoms with Crippen molar-refractivity contribution < 1.29 is 25.9 Å². The van der Waals surface area contributed by atoms with Crippen LogP contribution in [-0.2, 0) is 20.2 Å². The number of benzene rings is 6. The van der Waals surface area contributed by atoms with Gasteiger partial charge in [0.15, 0.2) is 15.2 Å².